The maximum atomic E-state index is 14.9. The van der Waals surface area contributed by atoms with Crippen molar-refractivity contribution >= 4 is 44.5 Å². The van der Waals surface area contributed by atoms with E-state index < -0.39 is 29.6 Å². The number of nitrogens with one attached hydrogen (secondary N) is 1. The molecule has 31 heavy (non-hydrogen) atoms. The van der Waals surface area contributed by atoms with Gasteiger partial charge in [-0.05, 0) is 41.5 Å². The fourth-order valence-electron chi connectivity index (χ4n) is 4.05. The van der Waals surface area contributed by atoms with Gasteiger partial charge in [0.15, 0.2) is 5.82 Å². The zero-order valence-corrected chi connectivity index (χ0v) is 18.9. The molecule has 4 rings (SSSR count). The summed E-state index contributed by atoms with van der Waals surface area (Å²) in [6.07, 6.45) is -1.82. The Bertz CT molecular complexity index is 1000. The van der Waals surface area contributed by atoms with Gasteiger partial charge in [0.25, 0.3) is 0 Å². The topological polar surface area (TPSA) is 90.8 Å². The number of hydrogen-bond donors (Lipinski definition) is 2. The van der Waals surface area contributed by atoms with Gasteiger partial charge in [0.1, 0.15) is 23.8 Å². The summed E-state index contributed by atoms with van der Waals surface area (Å²) in [6, 6.07) is 2.10. The summed E-state index contributed by atoms with van der Waals surface area (Å²) in [6.45, 7) is 0.960. The van der Waals surface area contributed by atoms with Crippen molar-refractivity contribution in [1.29, 1.82) is 0 Å². The summed E-state index contributed by atoms with van der Waals surface area (Å²) in [5.74, 6) is -0.610. The second kappa shape index (κ2) is 8.97. The molecule has 1 aromatic carbocycles. The molecule has 2 aliphatic heterocycles. The molecule has 2 aliphatic rings. The third kappa shape index (κ3) is 4.41. The molecule has 0 saturated carbocycles. The van der Waals surface area contributed by atoms with Gasteiger partial charge < -0.3 is 15.2 Å². The zero-order valence-electron chi connectivity index (χ0n) is 16.6. The lowest BCUT2D eigenvalue weighted by molar-refractivity contribution is 0.100. The Kier molecular flexibility index (Phi) is 6.47. The number of rotatable bonds is 4. The number of ether oxygens (including phenoxy) is 1. The molecule has 1 aromatic heterocycles. The number of fused-ring (bicyclic) bond motifs is 1. The van der Waals surface area contributed by atoms with Crippen molar-refractivity contribution in [2.75, 3.05) is 33.3 Å². The van der Waals surface area contributed by atoms with Crippen LogP contribution in [0.2, 0.25) is 0 Å². The van der Waals surface area contributed by atoms with Crippen LogP contribution in [-0.4, -0.2) is 82.0 Å². The van der Waals surface area contributed by atoms with E-state index in [1.165, 1.54) is 6.07 Å². The van der Waals surface area contributed by atoms with Crippen molar-refractivity contribution in [3.8, 4) is 6.01 Å². The number of piperazine rings is 1. The van der Waals surface area contributed by atoms with Gasteiger partial charge in [-0.25, -0.2) is 13.6 Å². The van der Waals surface area contributed by atoms with Gasteiger partial charge >= 0.3 is 12.1 Å². The highest BCUT2D eigenvalue weighted by atomic mass is 79.9. The van der Waals surface area contributed by atoms with E-state index in [0.29, 0.717) is 18.4 Å². The van der Waals surface area contributed by atoms with Gasteiger partial charge in [-0.15, -0.1) is 0 Å². The Morgan fingerprint density at radius 1 is 1.42 bits per heavy atom. The molecule has 2 fully saturated rings. The molecular formula is C19H21BrClF2N5O3. The highest BCUT2D eigenvalue weighted by molar-refractivity contribution is 9.10. The Balaban J connectivity index is 1.74. The molecule has 8 nitrogen and oxygen atoms in total. The van der Waals surface area contributed by atoms with Gasteiger partial charge in [0, 0.05) is 31.1 Å². The van der Waals surface area contributed by atoms with Crippen molar-refractivity contribution in [3.63, 3.8) is 0 Å². The van der Waals surface area contributed by atoms with Crippen molar-refractivity contribution in [3.05, 3.63) is 28.1 Å². The average Bonchev–Trinajstić information content (AvgIpc) is 3.05. The van der Waals surface area contributed by atoms with Crippen LogP contribution < -0.4 is 10.1 Å². The fraction of sp³-hybridized carbons (Fsp3) is 0.526. The first kappa shape index (κ1) is 22.4. The van der Waals surface area contributed by atoms with Crippen LogP contribution in [0.5, 0.6) is 6.01 Å². The molecule has 4 atom stereocenters. The lowest BCUT2D eigenvalue weighted by Gasteiger charge is -2.37. The Morgan fingerprint density at radius 2 is 2.19 bits per heavy atom. The molecule has 0 aliphatic carbocycles. The zero-order chi connectivity index (χ0) is 22.3. The molecule has 3 heterocycles. The standard InChI is InChI=1S/C19H21BrClF2N5O3/c1-27-7-9(22)4-10(27)8-31-18-25-16(11-2-3-12(20)15(23)17(11)26-18)13-5-24-6-14(21)28(13)19(29)30/h2-3,9-10,13-14,24H,4-8H2,1H3,(H,29,30)/t9-,10-,13?,14?/m0/s1. The summed E-state index contributed by atoms with van der Waals surface area (Å²) < 4.78 is 34.5. The van der Waals surface area contributed by atoms with Crippen LogP contribution in [0, 0.1) is 5.82 Å². The van der Waals surface area contributed by atoms with Crippen LogP contribution in [0.3, 0.4) is 0 Å². The molecule has 1 amide bonds. The number of nitrogens with zero attached hydrogens (tertiary/aromatic N) is 4. The second-order valence-electron chi connectivity index (χ2n) is 7.68. The van der Waals surface area contributed by atoms with Gasteiger partial charge in [0.05, 0.1) is 16.2 Å². The van der Waals surface area contributed by atoms with E-state index in [9.17, 15) is 18.7 Å². The Labute approximate surface area is 190 Å². The van der Waals surface area contributed by atoms with Crippen molar-refractivity contribution in [2.45, 2.75) is 30.2 Å². The predicted octanol–water partition coefficient (Wildman–Crippen LogP) is 3.14. The smallest absolute Gasteiger partial charge is 0.409 e. The second-order valence-corrected chi connectivity index (χ2v) is 9.04. The SMILES string of the molecule is CN1C[C@@H](F)C[C@H]1COc1nc(C2CNCC(Cl)N2C(=O)O)c2ccc(Br)c(F)c2n1. The summed E-state index contributed by atoms with van der Waals surface area (Å²) >= 11 is 9.38. The van der Waals surface area contributed by atoms with E-state index in [-0.39, 0.29) is 47.4 Å². The third-order valence-corrected chi connectivity index (χ3v) is 6.61. The number of amides is 1. The molecule has 168 valence electrons. The molecule has 2 aromatic rings. The number of benzene rings is 1. The van der Waals surface area contributed by atoms with E-state index in [4.69, 9.17) is 16.3 Å². The van der Waals surface area contributed by atoms with Crippen LogP contribution in [0.1, 0.15) is 18.2 Å². The van der Waals surface area contributed by atoms with Crippen molar-refractivity contribution in [2.24, 2.45) is 0 Å². The number of carboxylic acid groups (broad SMARTS) is 1. The van der Waals surface area contributed by atoms with Crippen molar-refractivity contribution < 1.29 is 23.4 Å². The molecule has 2 N–H and O–H groups in total. The molecule has 12 heteroatoms. The quantitative estimate of drug-likeness (QED) is 0.473. The largest absolute Gasteiger partial charge is 0.465 e. The lowest BCUT2D eigenvalue weighted by Crippen LogP contribution is -2.52. The summed E-state index contributed by atoms with van der Waals surface area (Å²) in [7, 11) is 1.80. The van der Waals surface area contributed by atoms with Gasteiger partial charge in [-0.2, -0.15) is 9.97 Å². The number of carbonyl (C=O) groups is 1. The number of likely N-dealkylation sites (tertiary alicyclic amines) is 1. The highest BCUT2D eigenvalue weighted by Crippen LogP contribution is 2.34. The Hall–Kier alpha value is -1.82. The van der Waals surface area contributed by atoms with Crippen LogP contribution in [0.4, 0.5) is 13.6 Å². The van der Waals surface area contributed by atoms with E-state index >= 15 is 0 Å². The molecule has 0 bridgehead atoms. The number of hydrogen-bond acceptors (Lipinski definition) is 6. The molecule has 2 saturated heterocycles. The minimum atomic E-state index is -1.21. The number of likely N-dealkylation sites (N-methyl/N-ethyl adjacent to an activating group) is 1. The highest BCUT2D eigenvalue weighted by Gasteiger charge is 2.37. The molecule has 0 spiro atoms. The lowest BCUT2D eigenvalue weighted by atomic mass is 10.0. The van der Waals surface area contributed by atoms with Crippen LogP contribution in [0.25, 0.3) is 10.9 Å². The molecule has 0 radical (unpaired) electrons. The molecular weight excluding hydrogens is 500 g/mol. The van der Waals surface area contributed by atoms with Gasteiger partial charge in [0.2, 0.25) is 0 Å². The van der Waals surface area contributed by atoms with Gasteiger partial charge in [-0.3, -0.25) is 9.80 Å². The first-order valence-corrected chi connectivity index (χ1v) is 11.0. The third-order valence-electron chi connectivity index (χ3n) is 5.64. The maximum Gasteiger partial charge on any atom is 0.409 e. The summed E-state index contributed by atoms with van der Waals surface area (Å²) in [5.41, 5.74) is -0.533. The van der Waals surface area contributed by atoms with E-state index in [2.05, 4.69) is 31.2 Å². The monoisotopic (exact) mass is 519 g/mol. The van der Waals surface area contributed by atoms with Crippen LogP contribution in [-0.2, 0) is 0 Å². The normalized spacial score (nSPS) is 27.1. The van der Waals surface area contributed by atoms with Crippen LogP contribution in [0.15, 0.2) is 16.6 Å². The fourth-order valence-corrected chi connectivity index (χ4v) is 4.70. The van der Waals surface area contributed by atoms with E-state index in [1.54, 1.807) is 13.1 Å². The summed E-state index contributed by atoms with van der Waals surface area (Å²) in [4.78, 5) is 23.5. The minimum absolute atomic E-state index is 0.000413. The van der Waals surface area contributed by atoms with Crippen LogP contribution >= 0.6 is 27.5 Å². The number of halogens is 4. The predicted molar refractivity (Wildman–Crippen MR) is 114 cm³/mol. The minimum Gasteiger partial charge on any atom is -0.465 e. The average molecular weight is 521 g/mol. The van der Waals surface area contributed by atoms with E-state index in [1.807, 2.05) is 4.90 Å². The van der Waals surface area contributed by atoms with Crippen molar-refractivity contribution in [1.82, 2.24) is 25.1 Å². The first-order chi connectivity index (χ1) is 14.8. The van der Waals surface area contributed by atoms with E-state index in [0.717, 1.165) is 4.90 Å². The first-order valence-electron chi connectivity index (χ1n) is 9.75. The number of alkyl halides is 2. The Morgan fingerprint density at radius 3 is 2.87 bits per heavy atom. The van der Waals surface area contributed by atoms with Gasteiger partial charge in [-0.1, -0.05) is 11.6 Å². The number of aromatic nitrogens is 2. The maximum absolute atomic E-state index is 14.9. The summed E-state index contributed by atoms with van der Waals surface area (Å²) in [5, 5.41) is 13.1. The molecule has 2 unspecified atom stereocenters.